The van der Waals surface area contributed by atoms with Crippen LogP contribution in [0.15, 0.2) is 94.5 Å². The molecule has 2 heterocycles. The SMILES string of the molecule is CCC(C)(CCOC(C)(C)CCN(C)CCCOc1ccc2sc3ccccc3c(=O)c2c1)N(C)CCCOc1ccc2sc3ccccc3c(=O)c2c1. The van der Waals surface area contributed by atoms with Gasteiger partial charge in [-0.25, -0.2) is 0 Å². The monoisotopic (exact) mass is 766 g/mol. The van der Waals surface area contributed by atoms with Crippen LogP contribution in [0.4, 0.5) is 0 Å². The summed E-state index contributed by atoms with van der Waals surface area (Å²) in [7, 11) is 4.35. The number of hydrogen-bond acceptors (Lipinski definition) is 9. The molecule has 6 aromatic rings. The van der Waals surface area contributed by atoms with Gasteiger partial charge >= 0.3 is 0 Å². The van der Waals surface area contributed by atoms with Gasteiger partial charge in [0.25, 0.3) is 0 Å². The minimum atomic E-state index is -0.227. The van der Waals surface area contributed by atoms with Crippen molar-refractivity contribution in [3.05, 3.63) is 105 Å². The number of nitrogens with zero attached hydrogens (tertiary/aromatic N) is 2. The molecular formula is C45H54N2O5S2. The quantitative estimate of drug-likeness (QED) is 0.0601. The average molecular weight is 767 g/mol. The lowest BCUT2D eigenvalue weighted by Crippen LogP contribution is -2.45. The second-order valence-electron chi connectivity index (χ2n) is 15.3. The third-order valence-corrected chi connectivity index (χ3v) is 13.2. The fraction of sp³-hybridized carbons (Fsp3) is 0.422. The Hall–Kier alpha value is -3.86. The van der Waals surface area contributed by atoms with Gasteiger partial charge in [0.2, 0.25) is 0 Å². The standard InChI is InChI=1S/C45H54N2O5S2/c1-7-45(4,47(6)25-13-28-51-33-19-21-41-37(31-33)43(49)35-15-9-11-17-39(35)54-41)23-29-52-44(2,3)22-26-46(5)24-12-27-50-32-18-20-40-36(30-32)42(48)34-14-8-10-16-38(34)53-40/h8-11,14-21,30-31H,7,12-13,22-29H2,1-6H3. The van der Waals surface area contributed by atoms with Crippen LogP contribution in [-0.2, 0) is 4.74 Å². The topological polar surface area (TPSA) is 68.3 Å². The van der Waals surface area contributed by atoms with E-state index in [0.29, 0.717) is 19.8 Å². The van der Waals surface area contributed by atoms with Crippen molar-refractivity contribution in [3.8, 4) is 11.5 Å². The molecule has 0 saturated carbocycles. The van der Waals surface area contributed by atoms with E-state index in [-0.39, 0.29) is 22.0 Å². The summed E-state index contributed by atoms with van der Waals surface area (Å²) in [5, 5.41) is 2.97. The summed E-state index contributed by atoms with van der Waals surface area (Å²) in [6, 6.07) is 27.3. The molecule has 0 aliphatic rings. The van der Waals surface area contributed by atoms with E-state index in [0.717, 1.165) is 104 Å². The van der Waals surface area contributed by atoms with Crippen molar-refractivity contribution < 1.29 is 14.2 Å². The smallest absolute Gasteiger partial charge is 0.196 e. The molecule has 0 radical (unpaired) electrons. The van der Waals surface area contributed by atoms with Gasteiger partial charge in [0.15, 0.2) is 10.9 Å². The summed E-state index contributed by atoms with van der Waals surface area (Å²) in [6.07, 6.45) is 4.70. The Morgan fingerprint density at radius 1 is 0.593 bits per heavy atom. The molecule has 4 aromatic carbocycles. The number of rotatable bonds is 19. The maximum absolute atomic E-state index is 13.1. The minimum absolute atomic E-state index is 0.0182. The van der Waals surface area contributed by atoms with Crippen LogP contribution in [0.3, 0.4) is 0 Å². The molecule has 2 aromatic heterocycles. The highest BCUT2D eigenvalue weighted by molar-refractivity contribution is 7.24. The normalized spacial score (nSPS) is 13.4. The maximum atomic E-state index is 13.1. The van der Waals surface area contributed by atoms with Crippen molar-refractivity contribution in [2.75, 3.05) is 53.6 Å². The molecule has 0 spiro atoms. The van der Waals surface area contributed by atoms with Gasteiger partial charge in [-0.3, -0.25) is 9.59 Å². The van der Waals surface area contributed by atoms with Crippen LogP contribution in [0, 0.1) is 0 Å². The van der Waals surface area contributed by atoms with Gasteiger partial charge in [0, 0.05) is 72.1 Å². The van der Waals surface area contributed by atoms with Crippen LogP contribution >= 0.6 is 22.7 Å². The number of ether oxygens (including phenoxy) is 3. The highest BCUT2D eigenvalue weighted by Crippen LogP contribution is 2.29. The third-order valence-electron chi connectivity index (χ3n) is 10.9. The van der Waals surface area contributed by atoms with Crippen molar-refractivity contribution in [3.63, 3.8) is 0 Å². The van der Waals surface area contributed by atoms with Crippen LogP contribution in [0.2, 0.25) is 0 Å². The van der Waals surface area contributed by atoms with E-state index < -0.39 is 0 Å². The third kappa shape index (κ3) is 9.68. The van der Waals surface area contributed by atoms with Crippen molar-refractivity contribution in [1.82, 2.24) is 9.80 Å². The van der Waals surface area contributed by atoms with Crippen LogP contribution in [-0.4, -0.2) is 74.5 Å². The highest BCUT2D eigenvalue weighted by Gasteiger charge is 2.28. The molecule has 54 heavy (non-hydrogen) atoms. The fourth-order valence-corrected chi connectivity index (χ4v) is 8.96. The summed E-state index contributed by atoms with van der Waals surface area (Å²) in [5.74, 6) is 1.49. The molecule has 0 aliphatic carbocycles. The predicted molar refractivity (Wildman–Crippen MR) is 230 cm³/mol. The van der Waals surface area contributed by atoms with Gasteiger partial charge in [0.1, 0.15) is 11.5 Å². The number of benzene rings is 4. The lowest BCUT2D eigenvalue weighted by Gasteiger charge is -2.39. The Balaban J connectivity index is 0.884. The molecule has 286 valence electrons. The van der Waals surface area contributed by atoms with Crippen LogP contribution < -0.4 is 20.3 Å². The second kappa shape index (κ2) is 17.7. The average Bonchev–Trinajstić information content (AvgIpc) is 3.17. The summed E-state index contributed by atoms with van der Waals surface area (Å²) < 4.78 is 22.7. The molecule has 9 heteroatoms. The maximum Gasteiger partial charge on any atom is 0.196 e. The summed E-state index contributed by atoms with van der Waals surface area (Å²) in [6.45, 7) is 13.6. The molecule has 6 rings (SSSR count). The highest BCUT2D eigenvalue weighted by atomic mass is 32.1. The van der Waals surface area contributed by atoms with Gasteiger partial charge in [-0.05, 0) is 128 Å². The predicted octanol–water partition coefficient (Wildman–Crippen LogP) is 9.99. The minimum Gasteiger partial charge on any atom is -0.494 e. The van der Waals surface area contributed by atoms with Gasteiger partial charge in [-0.15, -0.1) is 22.7 Å². The van der Waals surface area contributed by atoms with E-state index in [4.69, 9.17) is 14.2 Å². The Bertz CT molecular complexity index is 2320. The van der Waals surface area contributed by atoms with Gasteiger partial charge in [-0.2, -0.15) is 0 Å². The van der Waals surface area contributed by atoms with E-state index in [9.17, 15) is 9.59 Å². The molecule has 0 bridgehead atoms. The van der Waals surface area contributed by atoms with Crippen molar-refractivity contribution in [2.45, 2.75) is 70.9 Å². The first-order chi connectivity index (χ1) is 26.0. The van der Waals surface area contributed by atoms with E-state index in [1.165, 1.54) is 0 Å². The Kier molecular flexibility index (Phi) is 13.1. The fourth-order valence-electron chi connectivity index (χ4n) is 6.86. The first-order valence-electron chi connectivity index (χ1n) is 19.2. The Labute approximate surface area is 327 Å². The summed E-state index contributed by atoms with van der Waals surface area (Å²) >= 11 is 3.28. The Morgan fingerprint density at radius 3 is 1.63 bits per heavy atom. The Morgan fingerprint density at radius 2 is 1.09 bits per heavy atom. The zero-order valence-electron chi connectivity index (χ0n) is 32.6. The van der Waals surface area contributed by atoms with Gasteiger partial charge in [0.05, 0.1) is 18.8 Å². The van der Waals surface area contributed by atoms with Crippen molar-refractivity contribution >= 4 is 63.0 Å². The summed E-state index contributed by atoms with van der Waals surface area (Å²) in [4.78, 5) is 30.9. The molecule has 0 aliphatic heterocycles. The van der Waals surface area contributed by atoms with Crippen LogP contribution in [0.1, 0.15) is 59.8 Å². The van der Waals surface area contributed by atoms with E-state index in [1.807, 2.05) is 84.9 Å². The lowest BCUT2D eigenvalue weighted by atomic mass is 9.92. The molecule has 0 N–H and O–H groups in total. The van der Waals surface area contributed by atoms with E-state index >= 15 is 0 Å². The molecule has 0 amide bonds. The zero-order valence-corrected chi connectivity index (χ0v) is 34.2. The molecular weight excluding hydrogens is 713 g/mol. The first kappa shape index (κ1) is 39.8. The zero-order chi connectivity index (χ0) is 38.3. The number of hydrogen-bond donors (Lipinski definition) is 0. The van der Waals surface area contributed by atoms with E-state index in [2.05, 4.69) is 51.6 Å². The van der Waals surface area contributed by atoms with Crippen LogP contribution in [0.5, 0.6) is 11.5 Å². The molecule has 0 fully saturated rings. The molecule has 1 unspecified atom stereocenters. The largest absolute Gasteiger partial charge is 0.494 e. The van der Waals surface area contributed by atoms with Crippen LogP contribution in [0.25, 0.3) is 40.3 Å². The summed E-state index contributed by atoms with van der Waals surface area (Å²) in [5.41, 5.74) is -0.0777. The first-order valence-corrected chi connectivity index (χ1v) is 20.8. The van der Waals surface area contributed by atoms with Gasteiger partial charge < -0.3 is 24.0 Å². The second-order valence-corrected chi connectivity index (χ2v) is 17.4. The molecule has 7 nitrogen and oxygen atoms in total. The number of fused-ring (bicyclic) bond motifs is 4. The van der Waals surface area contributed by atoms with E-state index in [1.54, 1.807) is 22.7 Å². The van der Waals surface area contributed by atoms with Gasteiger partial charge in [-0.1, -0.05) is 31.2 Å². The lowest BCUT2D eigenvalue weighted by molar-refractivity contribution is -0.0451. The van der Waals surface area contributed by atoms with Crippen molar-refractivity contribution in [1.29, 1.82) is 0 Å². The molecule has 0 saturated heterocycles. The molecule has 1 atom stereocenters. The van der Waals surface area contributed by atoms with Crippen molar-refractivity contribution in [2.24, 2.45) is 0 Å².